The second kappa shape index (κ2) is 7.51. The number of aryl methyl sites for hydroxylation is 1. The number of hydrogen-bond donors (Lipinski definition) is 2. The van der Waals surface area contributed by atoms with Crippen molar-refractivity contribution >= 4 is 10.9 Å². The fourth-order valence-corrected chi connectivity index (χ4v) is 5.26. The Morgan fingerprint density at radius 2 is 1.90 bits per heavy atom. The van der Waals surface area contributed by atoms with Crippen LogP contribution in [0.3, 0.4) is 0 Å². The molecule has 5 rings (SSSR count). The lowest BCUT2D eigenvalue weighted by atomic mass is 9.79. The minimum Gasteiger partial charge on any atom is -0.497 e. The number of nitrogens with one attached hydrogen (secondary N) is 2. The van der Waals surface area contributed by atoms with Gasteiger partial charge in [-0.15, -0.1) is 0 Å². The number of piperidine rings is 1. The minimum atomic E-state index is 0.0849. The van der Waals surface area contributed by atoms with E-state index in [9.17, 15) is 0 Å². The predicted molar refractivity (Wildman–Crippen MR) is 119 cm³/mol. The molecule has 4 heteroatoms. The summed E-state index contributed by atoms with van der Waals surface area (Å²) in [6, 6.07) is 15.5. The standard InChI is InChI=1S/C25H31N3O/c1-3-18-5-4-6-19(15-18)17-28-13-10-25(11-14-28)24-21(9-12-26-25)22-16-20(29-2)7-8-23(22)27-24/h4-8,15-16,26-27H,3,9-14,17H2,1-2H3. The topological polar surface area (TPSA) is 40.3 Å². The zero-order valence-electron chi connectivity index (χ0n) is 17.6. The molecule has 4 nitrogen and oxygen atoms in total. The van der Waals surface area contributed by atoms with Crippen LogP contribution in [-0.4, -0.2) is 36.6 Å². The third-order valence-electron chi connectivity index (χ3n) is 6.95. The van der Waals surface area contributed by atoms with Crippen LogP contribution in [0.1, 0.15) is 42.1 Å². The van der Waals surface area contributed by atoms with Crippen LogP contribution in [-0.2, 0) is 24.9 Å². The first-order valence-electron chi connectivity index (χ1n) is 10.9. The normalized spacial score (nSPS) is 18.8. The first-order chi connectivity index (χ1) is 14.2. The molecule has 0 aliphatic carbocycles. The van der Waals surface area contributed by atoms with Gasteiger partial charge >= 0.3 is 0 Å². The predicted octanol–water partition coefficient (Wildman–Crippen LogP) is 4.38. The van der Waals surface area contributed by atoms with Gasteiger partial charge in [-0.25, -0.2) is 0 Å². The Morgan fingerprint density at radius 3 is 2.69 bits per heavy atom. The fourth-order valence-electron chi connectivity index (χ4n) is 5.26. The molecule has 29 heavy (non-hydrogen) atoms. The van der Waals surface area contributed by atoms with Crippen molar-refractivity contribution in [2.75, 3.05) is 26.7 Å². The van der Waals surface area contributed by atoms with Crippen LogP contribution in [0.25, 0.3) is 10.9 Å². The molecule has 2 aliphatic rings. The highest BCUT2D eigenvalue weighted by molar-refractivity contribution is 5.86. The van der Waals surface area contributed by atoms with Crippen LogP contribution in [0.2, 0.25) is 0 Å². The molecule has 152 valence electrons. The number of benzene rings is 2. The average molecular weight is 390 g/mol. The molecule has 1 spiro atoms. The van der Waals surface area contributed by atoms with Crippen LogP contribution in [0.15, 0.2) is 42.5 Å². The Kier molecular flexibility index (Phi) is 4.84. The van der Waals surface area contributed by atoms with Crippen LogP contribution in [0.5, 0.6) is 5.75 Å². The molecule has 3 aromatic rings. The molecule has 1 fully saturated rings. The fraction of sp³-hybridized carbons (Fsp3) is 0.440. The second-order valence-electron chi connectivity index (χ2n) is 8.60. The van der Waals surface area contributed by atoms with Crippen LogP contribution >= 0.6 is 0 Å². The summed E-state index contributed by atoms with van der Waals surface area (Å²) >= 11 is 0. The van der Waals surface area contributed by atoms with Crippen LogP contribution in [0, 0.1) is 0 Å². The van der Waals surface area contributed by atoms with Gasteiger partial charge in [0.1, 0.15) is 5.75 Å². The van der Waals surface area contributed by atoms with Gasteiger partial charge in [-0.3, -0.25) is 4.90 Å². The number of fused-ring (bicyclic) bond motifs is 4. The van der Waals surface area contributed by atoms with Gasteiger partial charge in [0.2, 0.25) is 0 Å². The number of hydrogen-bond acceptors (Lipinski definition) is 3. The van der Waals surface area contributed by atoms with Crippen molar-refractivity contribution < 1.29 is 4.74 Å². The van der Waals surface area contributed by atoms with Crippen molar-refractivity contribution in [3.05, 3.63) is 64.8 Å². The number of methoxy groups -OCH3 is 1. The zero-order valence-corrected chi connectivity index (χ0v) is 17.6. The molecule has 1 saturated heterocycles. The van der Waals surface area contributed by atoms with Gasteiger partial charge in [-0.2, -0.15) is 0 Å². The zero-order chi connectivity index (χ0) is 19.8. The summed E-state index contributed by atoms with van der Waals surface area (Å²) < 4.78 is 5.47. The van der Waals surface area contributed by atoms with E-state index in [1.807, 2.05) is 0 Å². The average Bonchev–Trinajstić information content (AvgIpc) is 3.15. The summed E-state index contributed by atoms with van der Waals surface area (Å²) in [5.41, 5.74) is 7.10. The van der Waals surface area contributed by atoms with Gasteiger partial charge in [-0.05, 0) is 60.6 Å². The van der Waals surface area contributed by atoms with Crippen LogP contribution < -0.4 is 10.1 Å². The molecular weight excluding hydrogens is 358 g/mol. The highest BCUT2D eigenvalue weighted by Gasteiger charge is 2.41. The van der Waals surface area contributed by atoms with E-state index in [2.05, 4.69) is 64.6 Å². The number of aromatic amines is 1. The Hall–Kier alpha value is -2.30. The summed E-state index contributed by atoms with van der Waals surface area (Å²) in [4.78, 5) is 6.38. The van der Waals surface area contributed by atoms with Gasteiger partial charge in [0.05, 0.1) is 12.6 Å². The lowest BCUT2D eigenvalue weighted by Gasteiger charge is -2.45. The summed E-state index contributed by atoms with van der Waals surface area (Å²) in [7, 11) is 1.75. The Labute approximate surface area is 173 Å². The van der Waals surface area contributed by atoms with E-state index in [0.29, 0.717) is 0 Å². The van der Waals surface area contributed by atoms with Gasteiger partial charge in [-0.1, -0.05) is 31.2 Å². The third-order valence-corrected chi connectivity index (χ3v) is 6.95. The van der Waals surface area contributed by atoms with E-state index in [0.717, 1.165) is 57.6 Å². The number of ether oxygens (including phenoxy) is 1. The van der Waals surface area contributed by atoms with E-state index >= 15 is 0 Å². The van der Waals surface area contributed by atoms with Gasteiger partial charge in [0.15, 0.2) is 0 Å². The van der Waals surface area contributed by atoms with Crippen molar-refractivity contribution in [3.8, 4) is 5.75 Å². The summed E-state index contributed by atoms with van der Waals surface area (Å²) in [6.45, 7) is 6.59. The Balaban J connectivity index is 1.37. The molecule has 0 radical (unpaired) electrons. The van der Waals surface area contributed by atoms with E-state index in [1.54, 1.807) is 7.11 Å². The molecular formula is C25H31N3O. The van der Waals surface area contributed by atoms with Crippen molar-refractivity contribution in [1.29, 1.82) is 0 Å². The maximum Gasteiger partial charge on any atom is 0.119 e. The number of nitrogens with zero attached hydrogens (tertiary/aromatic N) is 1. The summed E-state index contributed by atoms with van der Waals surface area (Å²) in [6.07, 6.45) is 4.49. The van der Waals surface area contributed by atoms with E-state index < -0.39 is 0 Å². The quantitative estimate of drug-likeness (QED) is 0.696. The SMILES string of the molecule is CCc1cccc(CN2CCC3(CC2)NCCc2c3[nH]c3ccc(OC)cc23)c1. The Morgan fingerprint density at radius 1 is 1.07 bits per heavy atom. The van der Waals surface area contributed by atoms with Crippen molar-refractivity contribution in [2.24, 2.45) is 0 Å². The van der Waals surface area contributed by atoms with Gasteiger partial charge in [0.25, 0.3) is 0 Å². The monoisotopic (exact) mass is 389 g/mol. The first-order valence-corrected chi connectivity index (χ1v) is 10.9. The van der Waals surface area contributed by atoms with Gasteiger partial charge in [0, 0.05) is 42.8 Å². The molecule has 3 heterocycles. The number of aromatic nitrogens is 1. The lowest BCUT2D eigenvalue weighted by Crippen LogP contribution is -2.54. The third kappa shape index (κ3) is 3.34. The molecule has 0 saturated carbocycles. The maximum absolute atomic E-state index is 5.47. The molecule has 0 amide bonds. The minimum absolute atomic E-state index is 0.0849. The second-order valence-corrected chi connectivity index (χ2v) is 8.60. The number of likely N-dealkylation sites (tertiary alicyclic amines) is 1. The molecule has 2 aliphatic heterocycles. The molecule has 1 aromatic heterocycles. The Bertz CT molecular complexity index is 1010. The molecule has 0 atom stereocenters. The highest BCUT2D eigenvalue weighted by Crippen LogP contribution is 2.41. The largest absolute Gasteiger partial charge is 0.497 e. The van der Waals surface area contributed by atoms with Crippen molar-refractivity contribution in [1.82, 2.24) is 15.2 Å². The number of H-pyrrole nitrogens is 1. The van der Waals surface area contributed by atoms with Crippen LogP contribution in [0.4, 0.5) is 0 Å². The highest BCUT2D eigenvalue weighted by atomic mass is 16.5. The lowest BCUT2D eigenvalue weighted by molar-refractivity contribution is 0.121. The van der Waals surface area contributed by atoms with Gasteiger partial charge < -0.3 is 15.0 Å². The smallest absolute Gasteiger partial charge is 0.119 e. The summed E-state index contributed by atoms with van der Waals surface area (Å²) in [5, 5.41) is 5.23. The van der Waals surface area contributed by atoms with E-state index in [1.165, 1.54) is 33.3 Å². The molecule has 0 bridgehead atoms. The first kappa shape index (κ1) is 18.7. The van der Waals surface area contributed by atoms with Crippen molar-refractivity contribution in [2.45, 2.75) is 44.7 Å². The number of rotatable bonds is 4. The molecule has 2 aromatic carbocycles. The van der Waals surface area contributed by atoms with Crippen molar-refractivity contribution in [3.63, 3.8) is 0 Å². The molecule has 2 N–H and O–H groups in total. The molecule has 0 unspecified atom stereocenters. The van der Waals surface area contributed by atoms with E-state index in [-0.39, 0.29) is 5.54 Å². The summed E-state index contributed by atoms with van der Waals surface area (Å²) in [5.74, 6) is 0.941. The van der Waals surface area contributed by atoms with E-state index in [4.69, 9.17) is 4.74 Å². The maximum atomic E-state index is 5.47.